The molecule has 0 bridgehead atoms. The van der Waals surface area contributed by atoms with Gasteiger partial charge < -0.3 is 4.98 Å². The minimum atomic E-state index is -3.41. The van der Waals surface area contributed by atoms with Gasteiger partial charge in [0.1, 0.15) is 5.82 Å². The average Bonchev–Trinajstić information content (AvgIpc) is 2.71. The molecule has 1 heterocycles. The summed E-state index contributed by atoms with van der Waals surface area (Å²) in [6.45, 7) is 2.20. The van der Waals surface area contributed by atoms with Crippen molar-refractivity contribution in [1.82, 2.24) is 14.7 Å². The fourth-order valence-electron chi connectivity index (χ4n) is 1.37. The van der Waals surface area contributed by atoms with Crippen molar-refractivity contribution in [1.29, 1.82) is 0 Å². The van der Waals surface area contributed by atoms with Crippen LogP contribution in [0.1, 0.15) is 25.1 Å². The third-order valence-electron chi connectivity index (χ3n) is 2.29. The van der Waals surface area contributed by atoms with Gasteiger partial charge in [-0.05, 0) is 31.8 Å². The summed E-state index contributed by atoms with van der Waals surface area (Å²) >= 11 is 1.81. The minimum Gasteiger partial charge on any atom is -0.332 e. The van der Waals surface area contributed by atoms with Crippen molar-refractivity contribution in [3.8, 4) is 0 Å². The Morgan fingerprint density at radius 1 is 1.41 bits per heavy atom. The SMILES string of the molecule is CSCCCCCNS(=O)(=O)c1cnc(C)[nH]1. The second-order valence-electron chi connectivity index (χ2n) is 3.78. The monoisotopic (exact) mass is 277 g/mol. The number of nitrogens with one attached hydrogen (secondary N) is 2. The maximum Gasteiger partial charge on any atom is 0.257 e. The fourth-order valence-corrected chi connectivity index (χ4v) is 2.90. The molecule has 0 radical (unpaired) electrons. The zero-order valence-corrected chi connectivity index (χ0v) is 11.8. The predicted molar refractivity (Wildman–Crippen MR) is 70.7 cm³/mol. The Morgan fingerprint density at radius 3 is 2.76 bits per heavy atom. The molecule has 1 aromatic heterocycles. The van der Waals surface area contributed by atoms with Crippen molar-refractivity contribution < 1.29 is 8.42 Å². The molecule has 0 saturated heterocycles. The topological polar surface area (TPSA) is 74.8 Å². The van der Waals surface area contributed by atoms with Crippen molar-refractivity contribution in [2.45, 2.75) is 31.2 Å². The highest BCUT2D eigenvalue weighted by atomic mass is 32.2. The second-order valence-corrected chi connectivity index (χ2v) is 6.51. The van der Waals surface area contributed by atoms with Gasteiger partial charge in [0.15, 0.2) is 5.03 Å². The van der Waals surface area contributed by atoms with Crippen LogP contribution >= 0.6 is 11.8 Å². The number of sulfonamides is 1. The van der Waals surface area contributed by atoms with E-state index in [-0.39, 0.29) is 5.03 Å². The molecule has 1 rings (SSSR count). The average molecular weight is 277 g/mol. The molecule has 0 aliphatic carbocycles. The standard InChI is InChI=1S/C10H19N3O2S2/c1-9-11-8-10(13-9)17(14,15)12-6-4-3-5-7-16-2/h8,12H,3-7H2,1-2H3,(H,11,13). The van der Waals surface area contributed by atoms with Crippen LogP contribution < -0.4 is 4.72 Å². The lowest BCUT2D eigenvalue weighted by Gasteiger charge is -2.04. The number of nitrogens with zero attached hydrogens (tertiary/aromatic N) is 1. The highest BCUT2D eigenvalue weighted by molar-refractivity contribution is 7.98. The number of unbranched alkanes of at least 4 members (excludes halogenated alkanes) is 2. The van der Waals surface area contributed by atoms with E-state index in [0.717, 1.165) is 25.0 Å². The molecule has 0 amide bonds. The highest BCUT2D eigenvalue weighted by Crippen LogP contribution is 2.06. The number of rotatable bonds is 8. The first kappa shape index (κ1) is 14.5. The summed E-state index contributed by atoms with van der Waals surface area (Å²) in [5.41, 5.74) is 0. The number of aromatic nitrogens is 2. The largest absolute Gasteiger partial charge is 0.332 e. The van der Waals surface area contributed by atoms with Gasteiger partial charge in [-0.1, -0.05) is 6.42 Å². The Kier molecular flexibility index (Phi) is 6.01. The first-order chi connectivity index (χ1) is 8.06. The van der Waals surface area contributed by atoms with Crippen LogP contribution in [0.2, 0.25) is 0 Å². The Bertz CT molecular complexity index is 429. The van der Waals surface area contributed by atoms with E-state index in [4.69, 9.17) is 0 Å². The molecule has 2 N–H and O–H groups in total. The van der Waals surface area contributed by atoms with Crippen molar-refractivity contribution in [2.24, 2.45) is 0 Å². The Hall–Kier alpha value is -0.530. The summed E-state index contributed by atoms with van der Waals surface area (Å²) in [6.07, 6.45) is 6.46. The lowest BCUT2D eigenvalue weighted by atomic mass is 10.2. The summed E-state index contributed by atoms with van der Waals surface area (Å²) in [4.78, 5) is 6.59. The normalized spacial score (nSPS) is 11.9. The molecule has 0 fully saturated rings. The maximum atomic E-state index is 11.7. The van der Waals surface area contributed by atoms with Gasteiger partial charge >= 0.3 is 0 Å². The van der Waals surface area contributed by atoms with Gasteiger partial charge in [-0.25, -0.2) is 18.1 Å². The van der Waals surface area contributed by atoms with Gasteiger partial charge in [0.05, 0.1) is 6.20 Å². The molecular formula is C10H19N3O2S2. The lowest BCUT2D eigenvalue weighted by Crippen LogP contribution is -2.25. The number of aromatic amines is 1. The Labute approximate surface area is 107 Å². The van der Waals surface area contributed by atoms with E-state index in [2.05, 4.69) is 20.9 Å². The number of thioether (sulfide) groups is 1. The molecule has 1 aromatic rings. The van der Waals surface area contributed by atoms with Crippen molar-refractivity contribution in [2.75, 3.05) is 18.6 Å². The molecule has 17 heavy (non-hydrogen) atoms. The van der Waals surface area contributed by atoms with Crippen LogP contribution in [0.15, 0.2) is 11.2 Å². The van der Waals surface area contributed by atoms with Crippen molar-refractivity contribution in [3.63, 3.8) is 0 Å². The van der Waals surface area contributed by atoms with Crippen LogP contribution in [0.25, 0.3) is 0 Å². The summed E-state index contributed by atoms with van der Waals surface area (Å²) in [5.74, 6) is 1.73. The third kappa shape index (κ3) is 5.10. The van der Waals surface area contributed by atoms with Crippen molar-refractivity contribution >= 4 is 21.8 Å². The smallest absolute Gasteiger partial charge is 0.257 e. The van der Waals surface area contributed by atoms with Crippen molar-refractivity contribution in [3.05, 3.63) is 12.0 Å². The molecule has 0 aliphatic heterocycles. The van der Waals surface area contributed by atoms with Gasteiger partial charge in [0, 0.05) is 6.54 Å². The van der Waals surface area contributed by atoms with E-state index in [9.17, 15) is 8.42 Å². The zero-order chi connectivity index (χ0) is 12.7. The van der Waals surface area contributed by atoms with Crippen LogP contribution in [-0.4, -0.2) is 36.9 Å². The summed E-state index contributed by atoms with van der Waals surface area (Å²) in [6, 6.07) is 0. The number of imidazole rings is 1. The van der Waals surface area contributed by atoms with E-state index in [1.54, 1.807) is 6.92 Å². The molecule has 0 atom stereocenters. The van der Waals surface area contributed by atoms with Gasteiger partial charge in [-0.3, -0.25) is 0 Å². The van der Waals surface area contributed by atoms with E-state index < -0.39 is 10.0 Å². The molecule has 0 saturated carbocycles. The number of hydrogen-bond donors (Lipinski definition) is 2. The molecule has 0 unspecified atom stereocenters. The van der Waals surface area contributed by atoms with Gasteiger partial charge in [0.25, 0.3) is 10.0 Å². The number of aryl methyl sites for hydroxylation is 1. The minimum absolute atomic E-state index is 0.138. The lowest BCUT2D eigenvalue weighted by molar-refractivity contribution is 0.573. The molecular weight excluding hydrogens is 258 g/mol. The number of H-pyrrole nitrogens is 1. The quantitative estimate of drug-likeness (QED) is 0.707. The van der Waals surface area contributed by atoms with Gasteiger partial charge in [0.2, 0.25) is 0 Å². The summed E-state index contributed by atoms with van der Waals surface area (Å²) in [5, 5.41) is 0.138. The number of hydrogen-bond acceptors (Lipinski definition) is 4. The second kappa shape index (κ2) is 7.03. The summed E-state index contributed by atoms with van der Waals surface area (Å²) < 4.78 is 26.1. The van der Waals surface area contributed by atoms with Crippen LogP contribution in [0.5, 0.6) is 0 Å². The van der Waals surface area contributed by atoms with E-state index >= 15 is 0 Å². The zero-order valence-electron chi connectivity index (χ0n) is 10.2. The van der Waals surface area contributed by atoms with E-state index in [1.165, 1.54) is 6.20 Å². The van der Waals surface area contributed by atoms with Crippen LogP contribution in [0.3, 0.4) is 0 Å². The van der Waals surface area contributed by atoms with Gasteiger partial charge in [-0.15, -0.1) is 0 Å². The molecule has 0 aromatic carbocycles. The molecule has 7 heteroatoms. The predicted octanol–water partition coefficient (Wildman–Crippen LogP) is 1.53. The molecule has 5 nitrogen and oxygen atoms in total. The van der Waals surface area contributed by atoms with E-state index in [1.807, 2.05) is 11.8 Å². The van der Waals surface area contributed by atoms with Crippen LogP contribution in [0.4, 0.5) is 0 Å². The molecule has 0 spiro atoms. The van der Waals surface area contributed by atoms with Crippen LogP contribution in [-0.2, 0) is 10.0 Å². The first-order valence-electron chi connectivity index (χ1n) is 5.56. The maximum absolute atomic E-state index is 11.7. The Morgan fingerprint density at radius 2 is 2.18 bits per heavy atom. The third-order valence-corrected chi connectivity index (χ3v) is 4.35. The molecule has 0 aliphatic rings. The highest BCUT2D eigenvalue weighted by Gasteiger charge is 2.15. The van der Waals surface area contributed by atoms with Gasteiger partial charge in [-0.2, -0.15) is 11.8 Å². The van der Waals surface area contributed by atoms with E-state index in [0.29, 0.717) is 12.4 Å². The fraction of sp³-hybridized carbons (Fsp3) is 0.700. The Balaban J connectivity index is 2.31. The van der Waals surface area contributed by atoms with Crippen LogP contribution in [0, 0.1) is 6.92 Å². The first-order valence-corrected chi connectivity index (χ1v) is 8.44. The molecule has 98 valence electrons. The summed E-state index contributed by atoms with van der Waals surface area (Å²) in [7, 11) is -3.41.